The third-order valence-electron chi connectivity index (χ3n) is 5.50. The van der Waals surface area contributed by atoms with Crippen LogP contribution in [0, 0.1) is 5.92 Å². The number of unbranched alkanes of at least 4 members (excludes halogenated alkanes) is 1. The van der Waals surface area contributed by atoms with Gasteiger partial charge in [-0.3, -0.25) is 14.2 Å². The first-order valence-corrected chi connectivity index (χ1v) is 11.4. The molecule has 2 aromatic rings. The lowest BCUT2D eigenvalue weighted by Gasteiger charge is -2.22. The first-order valence-electron chi connectivity index (χ1n) is 10.5. The zero-order valence-corrected chi connectivity index (χ0v) is 17.8. The van der Waals surface area contributed by atoms with E-state index in [1.165, 1.54) is 43.9 Å². The topological polar surface area (TPSA) is 64.0 Å². The normalized spacial score (nSPS) is 16.2. The number of carbonyl (C=O) groups is 1. The molecule has 1 saturated carbocycles. The number of carbonyl (C=O) groups excluding carboxylic acids is 1. The molecular weight excluding hydrogens is 370 g/mol. The van der Waals surface area contributed by atoms with Gasteiger partial charge in [-0.25, -0.2) is 4.98 Å². The maximum Gasteiger partial charge on any atom is 0.262 e. The number of amides is 1. The smallest absolute Gasteiger partial charge is 0.262 e. The van der Waals surface area contributed by atoms with Crippen LogP contribution in [-0.4, -0.2) is 27.3 Å². The lowest BCUT2D eigenvalue weighted by atomic mass is 9.89. The Kier molecular flexibility index (Phi) is 7.54. The van der Waals surface area contributed by atoms with Crippen LogP contribution in [0.3, 0.4) is 0 Å². The van der Waals surface area contributed by atoms with E-state index >= 15 is 0 Å². The molecule has 0 saturated heterocycles. The summed E-state index contributed by atoms with van der Waals surface area (Å²) in [7, 11) is 0. The third-order valence-corrected chi connectivity index (χ3v) is 6.59. The molecule has 1 aromatic carbocycles. The van der Waals surface area contributed by atoms with Crippen LogP contribution in [0.15, 0.2) is 34.2 Å². The fourth-order valence-electron chi connectivity index (χ4n) is 3.74. The summed E-state index contributed by atoms with van der Waals surface area (Å²) in [5.74, 6) is 0.636. The second kappa shape index (κ2) is 10.1. The van der Waals surface area contributed by atoms with E-state index < -0.39 is 0 Å². The quantitative estimate of drug-likeness (QED) is 0.527. The molecule has 6 heteroatoms. The summed E-state index contributed by atoms with van der Waals surface area (Å²) >= 11 is 1.38. The van der Waals surface area contributed by atoms with E-state index in [2.05, 4.69) is 12.2 Å². The molecule has 1 aliphatic rings. The van der Waals surface area contributed by atoms with Gasteiger partial charge in [-0.2, -0.15) is 0 Å². The molecule has 1 N–H and O–H groups in total. The van der Waals surface area contributed by atoms with Crippen molar-refractivity contribution in [3.63, 3.8) is 0 Å². The molecule has 1 amide bonds. The molecule has 5 nitrogen and oxygen atoms in total. The van der Waals surface area contributed by atoms with Crippen LogP contribution in [0.5, 0.6) is 0 Å². The van der Waals surface area contributed by atoms with Crippen molar-refractivity contribution in [2.75, 3.05) is 6.54 Å². The first kappa shape index (κ1) is 20.9. The van der Waals surface area contributed by atoms with Gasteiger partial charge in [0.15, 0.2) is 5.16 Å². The number of benzene rings is 1. The predicted octanol–water partition coefficient (Wildman–Crippen LogP) is 4.37. The Morgan fingerprint density at radius 3 is 2.79 bits per heavy atom. The minimum absolute atomic E-state index is 0.0173. The lowest BCUT2D eigenvalue weighted by molar-refractivity contribution is -0.120. The van der Waals surface area contributed by atoms with Crippen molar-refractivity contribution in [3.05, 3.63) is 34.6 Å². The van der Waals surface area contributed by atoms with Gasteiger partial charge in [0.05, 0.1) is 16.2 Å². The average molecular weight is 402 g/mol. The Morgan fingerprint density at radius 1 is 1.29 bits per heavy atom. The molecule has 1 unspecified atom stereocenters. The zero-order chi connectivity index (χ0) is 19.9. The highest BCUT2D eigenvalue weighted by molar-refractivity contribution is 8.00. The summed E-state index contributed by atoms with van der Waals surface area (Å²) in [6.07, 6.45) is 8.20. The van der Waals surface area contributed by atoms with Gasteiger partial charge in [-0.1, -0.05) is 56.5 Å². The van der Waals surface area contributed by atoms with E-state index in [-0.39, 0.29) is 16.7 Å². The van der Waals surface area contributed by atoms with Crippen molar-refractivity contribution < 1.29 is 4.79 Å². The molecule has 0 radical (unpaired) electrons. The standard InChI is InChI=1S/C22H31N3O2S/c1-3-4-14-25-21(27)18-12-8-9-13-19(18)24-22(25)28-16(2)20(26)23-15-17-10-6-5-7-11-17/h8-9,12-13,16-17H,3-7,10-11,14-15H2,1-2H3,(H,23,26). The van der Waals surface area contributed by atoms with Crippen LogP contribution >= 0.6 is 11.8 Å². The molecule has 0 spiro atoms. The number of aromatic nitrogens is 2. The fraction of sp³-hybridized carbons (Fsp3) is 0.591. The summed E-state index contributed by atoms with van der Waals surface area (Å²) in [4.78, 5) is 30.3. The summed E-state index contributed by atoms with van der Waals surface area (Å²) in [5.41, 5.74) is 0.675. The van der Waals surface area contributed by atoms with E-state index in [1.54, 1.807) is 4.57 Å². The molecular formula is C22H31N3O2S. The number of para-hydroxylation sites is 1. The predicted molar refractivity (Wildman–Crippen MR) is 116 cm³/mol. The molecule has 152 valence electrons. The van der Waals surface area contributed by atoms with Crippen molar-refractivity contribution in [1.82, 2.24) is 14.9 Å². The number of nitrogens with zero attached hydrogens (tertiary/aromatic N) is 2. The number of nitrogens with one attached hydrogen (secondary N) is 1. The number of fused-ring (bicyclic) bond motifs is 1. The molecule has 1 heterocycles. The Labute approximate surface area is 171 Å². The summed E-state index contributed by atoms with van der Waals surface area (Å²) in [5, 5.41) is 4.10. The van der Waals surface area contributed by atoms with Crippen molar-refractivity contribution in [2.45, 2.75) is 75.7 Å². The highest BCUT2D eigenvalue weighted by Gasteiger charge is 2.21. The van der Waals surface area contributed by atoms with Crippen molar-refractivity contribution in [3.8, 4) is 0 Å². The van der Waals surface area contributed by atoms with E-state index in [0.717, 1.165) is 19.4 Å². The average Bonchev–Trinajstić information content (AvgIpc) is 2.72. The van der Waals surface area contributed by atoms with Gasteiger partial charge in [0, 0.05) is 13.1 Å². The largest absolute Gasteiger partial charge is 0.355 e. The molecule has 3 rings (SSSR count). The molecule has 1 fully saturated rings. The highest BCUT2D eigenvalue weighted by atomic mass is 32.2. The maximum absolute atomic E-state index is 12.9. The highest BCUT2D eigenvalue weighted by Crippen LogP contribution is 2.25. The van der Waals surface area contributed by atoms with Gasteiger partial charge < -0.3 is 5.32 Å². The summed E-state index contributed by atoms with van der Waals surface area (Å²) in [6, 6.07) is 7.43. The first-order chi connectivity index (χ1) is 13.6. The second-order valence-electron chi connectivity index (χ2n) is 7.73. The number of hydrogen-bond donors (Lipinski definition) is 1. The number of rotatable bonds is 8. The lowest BCUT2D eigenvalue weighted by Crippen LogP contribution is -2.35. The fourth-order valence-corrected chi connectivity index (χ4v) is 4.70. The van der Waals surface area contributed by atoms with Gasteiger partial charge in [-0.05, 0) is 44.2 Å². The van der Waals surface area contributed by atoms with Gasteiger partial charge in [-0.15, -0.1) is 0 Å². The Morgan fingerprint density at radius 2 is 2.04 bits per heavy atom. The monoisotopic (exact) mass is 401 g/mol. The Balaban J connectivity index is 1.73. The van der Waals surface area contributed by atoms with E-state index in [1.807, 2.05) is 31.2 Å². The van der Waals surface area contributed by atoms with Crippen LogP contribution in [0.4, 0.5) is 0 Å². The van der Waals surface area contributed by atoms with Crippen molar-refractivity contribution in [2.24, 2.45) is 5.92 Å². The molecule has 0 aliphatic heterocycles. The van der Waals surface area contributed by atoms with Crippen molar-refractivity contribution in [1.29, 1.82) is 0 Å². The summed E-state index contributed by atoms with van der Waals surface area (Å²) < 4.78 is 1.74. The number of hydrogen-bond acceptors (Lipinski definition) is 4. The molecule has 1 aliphatic carbocycles. The zero-order valence-electron chi connectivity index (χ0n) is 16.9. The van der Waals surface area contributed by atoms with Gasteiger partial charge in [0.2, 0.25) is 5.91 Å². The van der Waals surface area contributed by atoms with Crippen LogP contribution < -0.4 is 10.9 Å². The summed E-state index contributed by atoms with van der Waals surface area (Å²) in [6.45, 7) is 5.39. The van der Waals surface area contributed by atoms with Crippen molar-refractivity contribution >= 4 is 28.6 Å². The van der Waals surface area contributed by atoms with E-state index in [0.29, 0.717) is 28.5 Å². The SMILES string of the molecule is CCCCn1c(SC(C)C(=O)NCC2CCCCC2)nc2ccccc2c1=O. The van der Waals surface area contributed by atoms with Crippen LogP contribution in [0.2, 0.25) is 0 Å². The molecule has 1 aromatic heterocycles. The van der Waals surface area contributed by atoms with Gasteiger partial charge in [0.25, 0.3) is 5.56 Å². The minimum atomic E-state index is -0.287. The molecule has 1 atom stereocenters. The maximum atomic E-state index is 12.9. The van der Waals surface area contributed by atoms with Crippen LogP contribution in [0.25, 0.3) is 10.9 Å². The third kappa shape index (κ3) is 5.16. The number of thioether (sulfide) groups is 1. The minimum Gasteiger partial charge on any atom is -0.355 e. The van der Waals surface area contributed by atoms with Gasteiger partial charge in [0.1, 0.15) is 0 Å². The molecule has 0 bridgehead atoms. The Bertz CT molecular complexity index is 858. The van der Waals surface area contributed by atoms with Crippen LogP contribution in [-0.2, 0) is 11.3 Å². The Hall–Kier alpha value is -1.82. The molecule has 28 heavy (non-hydrogen) atoms. The second-order valence-corrected chi connectivity index (χ2v) is 9.04. The van der Waals surface area contributed by atoms with E-state index in [4.69, 9.17) is 4.98 Å². The van der Waals surface area contributed by atoms with E-state index in [9.17, 15) is 9.59 Å². The van der Waals surface area contributed by atoms with Crippen LogP contribution in [0.1, 0.15) is 58.8 Å². The van der Waals surface area contributed by atoms with Gasteiger partial charge >= 0.3 is 0 Å².